The van der Waals surface area contributed by atoms with Crippen molar-refractivity contribution >= 4 is 28.5 Å². The van der Waals surface area contributed by atoms with Crippen LogP contribution >= 0.6 is 11.6 Å². The predicted molar refractivity (Wildman–Crippen MR) is 109 cm³/mol. The monoisotopic (exact) mass is 416 g/mol. The van der Waals surface area contributed by atoms with E-state index in [9.17, 15) is 14.7 Å². The summed E-state index contributed by atoms with van der Waals surface area (Å²) in [6, 6.07) is 4.92. The van der Waals surface area contributed by atoms with Crippen molar-refractivity contribution in [3.63, 3.8) is 0 Å². The average molecular weight is 417 g/mol. The second-order valence-corrected chi connectivity index (χ2v) is 9.83. The van der Waals surface area contributed by atoms with Crippen LogP contribution in [0.15, 0.2) is 27.4 Å². The van der Waals surface area contributed by atoms with E-state index in [1.165, 1.54) is 6.07 Å². The number of hydrogen-bond acceptors (Lipinski definition) is 5. The molecule has 1 N–H and O–H groups in total. The SMILES string of the molecule is CCc1cc2oc(=O)cc(COC(=O)C34CC5CC(CC(O)(C5)C3)C4)c2cc1Cl. The number of carbonyl (C=O) groups excluding carboxylic acids is 1. The van der Waals surface area contributed by atoms with Crippen molar-refractivity contribution in [2.45, 2.75) is 64.1 Å². The van der Waals surface area contributed by atoms with E-state index in [2.05, 4.69) is 0 Å². The molecular weight excluding hydrogens is 392 g/mol. The van der Waals surface area contributed by atoms with Crippen molar-refractivity contribution < 1.29 is 19.1 Å². The quantitative estimate of drug-likeness (QED) is 0.591. The van der Waals surface area contributed by atoms with Crippen molar-refractivity contribution in [3.05, 3.63) is 44.8 Å². The van der Waals surface area contributed by atoms with Crippen LogP contribution in [0.2, 0.25) is 5.02 Å². The third-order valence-electron chi connectivity index (χ3n) is 7.20. The fourth-order valence-electron chi connectivity index (χ4n) is 6.43. The molecule has 0 aliphatic heterocycles. The molecule has 1 aromatic heterocycles. The van der Waals surface area contributed by atoms with Gasteiger partial charge in [0.25, 0.3) is 0 Å². The highest BCUT2D eigenvalue weighted by Crippen LogP contribution is 2.62. The Hall–Kier alpha value is -1.85. The first-order valence-electron chi connectivity index (χ1n) is 10.4. The number of aryl methyl sites for hydroxylation is 1. The van der Waals surface area contributed by atoms with Gasteiger partial charge in [0.2, 0.25) is 0 Å². The number of carbonyl (C=O) groups is 1. The van der Waals surface area contributed by atoms with Gasteiger partial charge in [-0.3, -0.25) is 4.79 Å². The standard InChI is InChI=1S/C23H25ClO5/c1-2-15-4-19-17(6-18(15)24)16(5-20(25)29-19)11-28-21(26)22-7-13-3-14(8-22)10-23(27,9-13)12-22/h4-6,13-14,27H,2-3,7-12H2,1H3. The molecule has 29 heavy (non-hydrogen) atoms. The molecule has 0 spiro atoms. The van der Waals surface area contributed by atoms with E-state index in [0.29, 0.717) is 39.8 Å². The second-order valence-electron chi connectivity index (χ2n) is 9.43. The highest BCUT2D eigenvalue weighted by molar-refractivity contribution is 6.32. The van der Waals surface area contributed by atoms with Crippen LogP contribution in [-0.2, 0) is 22.6 Å². The lowest BCUT2D eigenvalue weighted by Gasteiger charge is -2.58. The van der Waals surface area contributed by atoms with Crippen LogP contribution in [0.3, 0.4) is 0 Å². The number of esters is 1. The van der Waals surface area contributed by atoms with E-state index >= 15 is 0 Å². The van der Waals surface area contributed by atoms with Gasteiger partial charge >= 0.3 is 11.6 Å². The lowest BCUT2D eigenvalue weighted by molar-refractivity contribution is -0.197. The van der Waals surface area contributed by atoms with Gasteiger partial charge in [-0.2, -0.15) is 0 Å². The summed E-state index contributed by atoms with van der Waals surface area (Å²) in [5.74, 6) is 0.567. The second kappa shape index (κ2) is 6.58. The van der Waals surface area contributed by atoms with Crippen molar-refractivity contribution in [1.29, 1.82) is 0 Å². The summed E-state index contributed by atoms with van der Waals surface area (Å²) >= 11 is 6.35. The fraction of sp³-hybridized carbons (Fsp3) is 0.565. The first-order valence-corrected chi connectivity index (χ1v) is 10.8. The molecule has 0 saturated heterocycles. The third-order valence-corrected chi connectivity index (χ3v) is 7.55. The highest BCUT2D eigenvalue weighted by Gasteiger charge is 2.60. The number of hydrogen-bond donors (Lipinski definition) is 1. The van der Waals surface area contributed by atoms with Gasteiger partial charge in [0.1, 0.15) is 12.2 Å². The Kier molecular flexibility index (Phi) is 4.34. The van der Waals surface area contributed by atoms with Gasteiger partial charge in [-0.05, 0) is 74.5 Å². The maximum Gasteiger partial charge on any atom is 0.336 e. The summed E-state index contributed by atoms with van der Waals surface area (Å²) in [7, 11) is 0. The highest BCUT2D eigenvalue weighted by atomic mass is 35.5. The lowest BCUT2D eigenvalue weighted by Crippen LogP contribution is -2.58. The maximum atomic E-state index is 13.1. The summed E-state index contributed by atoms with van der Waals surface area (Å²) in [5, 5.41) is 12.2. The first kappa shape index (κ1) is 19.1. The zero-order valence-corrected chi connectivity index (χ0v) is 17.3. The fourth-order valence-corrected chi connectivity index (χ4v) is 6.73. The number of fused-ring (bicyclic) bond motifs is 1. The summed E-state index contributed by atoms with van der Waals surface area (Å²) in [5.41, 5.74) is 0.177. The summed E-state index contributed by atoms with van der Waals surface area (Å²) < 4.78 is 11.1. The Balaban J connectivity index is 1.42. The molecule has 4 aliphatic carbocycles. The maximum absolute atomic E-state index is 13.1. The minimum atomic E-state index is -0.715. The molecule has 2 unspecified atom stereocenters. The van der Waals surface area contributed by atoms with E-state index in [1.807, 2.05) is 6.92 Å². The number of aliphatic hydroxyl groups is 1. The van der Waals surface area contributed by atoms with Crippen LogP contribution in [0.25, 0.3) is 11.0 Å². The molecule has 0 amide bonds. The van der Waals surface area contributed by atoms with Gasteiger partial charge in [0, 0.05) is 22.0 Å². The van der Waals surface area contributed by atoms with Crippen molar-refractivity contribution in [3.8, 4) is 0 Å². The molecule has 6 rings (SSSR count). The van der Waals surface area contributed by atoms with Crippen LogP contribution < -0.4 is 5.63 Å². The number of benzene rings is 1. The van der Waals surface area contributed by atoms with Crippen molar-refractivity contribution in [1.82, 2.24) is 0 Å². The van der Waals surface area contributed by atoms with E-state index < -0.39 is 16.6 Å². The van der Waals surface area contributed by atoms with Gasteiger partial charge in [-0.25, -0.2) is 4.79 Å². The molecule has 5 nitrogen and oxygen atoms in total. The number of halogens is 1. The van der Waals surface area contributed by atoms with Crippen LogP contribution in [-0.4, -0.2) is 16.7 Å². The predicted octanol–water partition coefficient (Wildman–Crippen LogP) is 4.38. The molecule has 0 radical (unpaired) electrons. The smallest absolute Gasteiger partial charge is 0.336 e. The van der Waals surface area contributed by atoms with Crippen molar-refractivity contribution in [2.24, 2.45) is 17.3 Å². The molecule has 4 fully saturated rings. The normalized spacial score (nSPS) is 32.7. The van der Waals surface area contributed by atoms with E-state index in [1.54, 1.807) is 12.1 Å². The Bertz CT molecular complexity index is 1040. The van der Waals surface area contributed by atoms with Gasteiger partial charge in [-0.1, -0.05) is 18.5 Å². The molecule has 1 heterocycles. The van der Waals surface area contributed by atoms with Gasteiger partial charge in [0.15, 0.2) is 0 Å². The Morgan fingerprint density at radius 2 is 1.93 bits per heavy atom. The van der Waals surface area contributed by atoms with Gasteiger partial charge in [-0.15, -0.1) is 0 Å². The molecule has 4 bridgehead atoms. The Morgan fingerprint density at radius 3 is 2.59 bits per heavy atom. The summed E-state index contributed by atoms with van der Waals surface area (Å²) in [6.07, 6.45) is 5.55. The summed E-state index contributed by atoms with van der Waals surface area (Å²) in [6.45, 7) is 1.98. The zero-order valence-electron chi connectivity index (χ0n) is 16.5. The molecular formula is C23H25ClO5. The lowest BCUT2D eigenvalue weighted by atomic mass is 9.48. The molecule has 6 heteroatoms. The molecule has 2 aromatic rings. The zero-order chi connectivity index (χ0) is 20.4. The minimum Gasteiger partial charge on any atom is -0.460 e. The largest absolute Gasteiger partial charge is 0.460 e. The van der Waals surface area contributed by atoms with Gasteiger partial charge in [0.05, 0.1) is 11.0 Å². The number of rotatable bonds is 4. The molecule has 4 saturated carbocycles. The Labute approximate surface area is 174 Å². The van der Waals surface area contributed by atoms with Crippen LogP contribution in [0.5, 0.6) is 0 Å². The molecule has 4 aliphatic rings. The van der Waals surface area contributed by atoms with E-state index in [0.717, 1.165) is 44.1 Å². The third kappa shape index (κ3) is 3.19. The number of ether oxygens (including phenoxy) is 1. The van der Waals surface area contributed by atoms with E-state index in [-0.39, 0.29) is 12.6 Å². The summed E-state index contributed by atoms with van der Waals surface area (Å²) in [4.78, 5) is 25.2. The van der Waals surface area contributed by atoms with Crippen molar-refractivity contribution in [2.75, 3.05) is 0 Å². The van der Waals surface area contributed by atoms with Gasteiger partial charge < -0.3 is 14.3 Å². The Morgan fingerprint density at radius 1 is 1.21 bits per heavy atom. The van der Waals surface area contributed by atoms with E-state index in [4.69, 9.17) is 20.8 Å². The minimum absolute atomic E-state index is 0.00174. The van der Waals surface area contributed by atoms with Crippen LogP contribution in [0.4, 0.5) is 0 Å². The molecule has 1 aromatic carbocycles. The van der Waals surface area contributed by atoms with Crippen LogP contribution in [0.1, 0.15) is 56.6 Å². The van der Waals surface area contributed by atoms with Crippen LogP contribution in [0, 0.1) is 17.3 Å². The topological polar surface area (TPSA) is 76.7 Å². The molecule has 2 atom stereocenters. The average Bonchev–Trinajstić information content (AvgIpc) is 2.63. The first-order chi connectivity index (χ1) is 13.8. The molecule has 154 valence electrons.